The van der Waals surface area contributed by atoms with E-state index in [0.29, 0.717) is 39.2 Å². The molecule has 0 saturated carbocycles. The highest BCUT2D eigenvalue weighted by molar-refractivity contribution is 9.10. The fourth-order valence-electron chi connectivity index (χ4n) is 3.26. The lowest BCUT2D eigenvalue weighted by Gasteiger charge is -2.35. The fraction of sp³-hybridized carbons (Fsp3) is 0.417. The smallest absolute Gasteiger partial charge is 0.410 e. The van der Waals surface area contributed by atoms with Crippen molar-refractivity contribution in [3.05, 3.63) is 64.1 Å². The van der Waals surface area contributed by atoms with Gasteiger partial charge in [-0.15, -0.1) is 0 Å². The minimum atomic E-state index is -0.519. The van der Waals surface area contributed by atoms with Gasteiger partial charge >= 0.3 is 6.09 Å². The number of ether oxygens (including phenoxy) is 2. The lowest BCUT2D eigenvalue weighted by Crippen LogP contribution is -2.51. The maximum Gasteiger partial charge on any atom is 0.410 e. The highest BCUT2D eigenvalue weighted by Gasteiger charge is 2.27. The van der Waals surface area contributed by atoms with E-state index < -0.39 is 5.60 Å². The number of benzene rings is 2. The third-order valence-corrected chi connectivity index (χ3v) is 5.49. The van der Waals surface area contributed by atoms with Gasteiger partial charge in [0.2, 0.25) is 5.91 Å². The van der Waals surface area contributed by atoms with E-state index in [9.17, 15) is 9.59 Å². The van der Waals surface area contributed by atoms with Gasteiger partial charge in [0.05, 0.1) is 10.9 Å². The molecule has 0 spiro atoms. The summed E-state index contributed by atoms with van der Waals surface area (Å²) in [6, 6.07) is 15.7. The molecule has 2 amide bonds. The predicted molar refractivity (Wildman–Crippen MR) is 123 cm³/mol. The van der Waals surface area contributed by atoms with Crippen LogP contribution in [0, 0.1) is 0 Å². The van der Waals surface area contributed by atoms with Gasteiger partial charge in [0.15, 0.2) is 0 Å². The zero-order valence-electron chi connectivity index (χ0n) is 18.3. The molecular weight excluding hydrogens is 460 g/mol. The van der Waals surface area contributed by atoms with E-state index in [0.717, 1.165) is 21.3 Å². The molecule has 2 aromatic carbocycles. The summed E-state index contributed by atoms with van der Waals surface area (Å²) < 4.78 is 12.1. The molecule has 0 aromatic heterocycles. The molecule has 1 fully saturated rings. The molecule has 3 rings (SSSR count). The zero-order chi connectivity index (χ0) is 22.4. The van der Waals surface area contributed by atoms with Crippen LogP contribution in [0.15, 0.2) is 53.0 Å². The van der Waals surface area contributed by atoms with Gasteiger partial charge in [-0.2, -0.15) is 0 Å². The van der Waals surface area contributed by atoms with E-state index in [4.69, 9.17) is 9.47 Å². The molecule has 7 heteroatoms. The summed E-state index contributed by atoms with van der Waals surface area (Å²) in [5, 5.41) is 0. The topological polar surface area (TPSA) is 59.1 Å². The Bertz CT molecular complexity index is 904. The van der Waals surface area contributed by atoms with Crippen LogP contribution in [-0.4, -0.2) is 53.6 Å². The average molecular weight is 489 g/mol. The Morgan fingerprint density at radius 2 is 1.58 bits per heavy atom. The highest BCUT2D eigenvalue weighted by Crippen LogP contribution is 2.27. The van der Waals surface area contributed by atoms with Crippen LogP contribution in [0.1, 0.15) is 31.9 Å². The number of hydrogen-bond donors (Lipinski definition) is 0. The Balaban J connectivity index is 1.49. The molecule has 0 aliphatic carbocycles. The average Bonchev–Trinajstić information content (AvgIpc) is 2.73. The van der Waals surface area contributed by atoms with E-state index >= 15 is 0 Å². The quantitative estimate of drug-likeness (QED) is 0.614. The Hall–Kier alpha value is -2.54. The summed E-state index contributed by atoms with van der Waals surface area (Å²) >= 11 is 3.55. The summed E-state index contributed by atoms with van der Waals surface area (Å²) in [6.07, 6.45) is -0.0149. The van der Waals surface area contributed by atoms with Crippen LogP contribution in [0.25, 0.3) is 0 Å². The number of nitrogens with zero attached hydrogens (tertiary/aromatic N) is 2. The Morgan fingerprint density at radius 3 is 2.19 bits per heavy atom. The van der Waals surface area contributed by atoms with Crippen molar-refractivity contribution in [1.29, 1.82) is 0 Å². The van der Waals surface area contributed by atoms with E-state index in [1.165, 1.54) is 0 Å². The van der Waals surface area contributed by atoms with Gasteiger partial charge < -0.3 is 19.3 Å². The van der Waals surface area contributed by atoms with Gasteiger partial charge in [0, 0.05) is 26.2 Å². The highest BCUT2D eigenvalue weighted by atomic mass is 79.9. The molecule has 1 heterocycles. The van der Waals surface area contributed by atoms with Crippen LogP contribution in [-0.2, 0) is 22.6 Å². The first-order chi connectivity index (χ1) is 14.7. The lowest BCUT2D eigenvalue weighted by molar-refractivity contribution is -0.132. The number of hydrogen-bond acceptors (Lipinski definition) is 4. The molecule has 0 bridgehead atoms. The maximum atomic E-state index is 12.7. The number of carbonyl (C=O) groups excluding carboxylic acids is 2. The van der Waals surface area contributed by atoms with Gasteiger partial charge in [0.25, 0.3) is 0 Å². The monoisotopic (exact) mass is 488 g/mol. The molecule has 1 saturated heterocycles. The molecule has 2 aromatic rings. The predicted octanol–water partition coefficient (Wildman–Crippen LogP) is 4.65. The second kappa shape index (κ2) is 10.2. The molecule has 1 aliphatic heterocycles. The Labute approximate surface area is 192 Å². The normalized spacial score (nSPS) is 14.3. The molecule has 0 atom stereocenters. The third-order valence-electron chi connectivity index (χ3n) is 4.87. The van der Waals surface area contributed by atoms with Crippen LogP contribution in [0.2, 0.25) is 0 Å². The SMILES string of the molecule is CC(C)(C)OC(=O)N1CCN(C(=O)Cc2ccc(OCc3ccccc3)c(Br)c2)CC1. The molecule has 0 N–H and O–H groups in total. The first-order valence-electron chi connectivity index (χ1n) is 10.4. The second-order valence-electron chi connectivity index (χ2n) is 8.56. The third kappa shape index (κ3) is 6.99. The van der Waals surface area contributed by atoms with Crippen LogP contribution in [0.5, 0.6) is 5.75 Å². The van der Waals surface area contributed by atoms with Crippen LogP contribution >= 0.6 is 15.9 Å². The largest absolute Gasteiger partial charge is 0.488 e. The summed E-state index contributed by atoms with van der Waals surface area (Å²) in [5.41, 5.74) is 1.49. The first-order valence-corrected chi connectivity index (χ1v) is 11.2. The van der Waals surface area contributed by atoms with Gasteiger partial charge in [-0.05, 0) is 60.0 Å². The molecule has 6 nitrogen and oxygen atoms in total. The van der Waals surface area contributed by atoms with Gasteiger partial charge in [-0.25, -0.2) is 4.79 Å². The van der Waals surface area contributed by atoms with E-state index in [1.54, 1.807) is 9.80 Å². The van der Waals surface area contributed by atoms with Gasteiger partial charge in [0.1, 0.15) is 18.0 Å². The molecule has 0 radical (unpaired) electrons. The Morgan fingerprint density at radius 1 is 0.935 bits per heavy atom. The van der Waals surface area contributed by atoms with Gasteiger partial charge in [-0.1, -0.05) is 36.4 Å². The van der Waals surface area contributed by atoms with Crippen molar-refractivity contribution in [2.75, 3.05) is 26.2 Å². The van der Waals surface area contributed by atoms with Crippen LogP contribution in [0.4, 0.5) is 4.79 Å². The van der Waals surface area contributed by atoms with Crippen molar-refractivity contribution in [3.8, 4) is 5.75 Å². The van der Waals surface area contributed by atoms with Crippen LogP contribution in [0.3, 0.4) is 0 Å². The first kappa shape index (κ1) is 23.1. The fourth-order valence-corrected chi connectivity index (χ4v) is 3.80. The Kier molecular flexibility index (Phi) is 7.59. The minimum Gasteiger partial charge on any atom is -0.488 e. The summed E-state index contributed by atoms with van der Waals surface area (Å²) in [6.45, 7) is 8.02. The number of carbonyl (C=O) groups is 2. The van der Waals surface area contributed by atoms with Crippen molar-refractivity contribution in [3.63, 3.8) is 0 Å². The minimum absolute atomic E-state index is 0.0497. The van der Waals surface area contributed by atoms with E-state index in [2.05, 4.69) is 15.9 Å². The summed E-state index contributed by atoms with van der Waals surface area (Å²) in [7, 11) is 0. The maximum absolute atomic E-state index is 12.7. The van der Waals surface area contributed by atoms with Crippen molar-refractivity contribution >= 4 is 27.9 Å². The standard InChI is InChI=1S/C24H29BrN2O4/c1-24(2,3)31-23(29)27-13-11-26(12-14-27)22(28)16-19-9-10-21(20(25)15-19)30-17-18-7-5-4-6-8-18/h4-10,15H,11-14,16-17H2,1-3H3. The van der Waals surface area contributed by atoms with E-state index in [1.807, 2.05) is 69.3 Å². The van der Waals surface area contributed by atoms with Crippen molar-refractivity contribution in [2.24, 2.45) is 0 Å². The number of amides is 2. The van der Waals surface area contributed by atoms with Crippen molar-refractivity contribution in [1.82, 2.24) is 9.80 Å². The molecule has 166 valence electrons. The molecular formula is C24H29BrN2O4. The zero-order valence-corrected chi connectivity index (χ0v) is 19.9. The second-order valence-corrected chi connectivity index (χ2v) is 9.42. The molecule has 0 unspecified atom stereocenters. The van der Waals surface area contributed by atoms with Crippen molar-refractivity contribution in [2.45, 2.75) is 39.4 Å². The molecule has 1 aliphatic rings. The van der Waals surface area contributed by atoms with Crippen LogP contribution < -0.4 is 4.74 Å². The summed E-state index contributed by atoms with van der Waals surface area (Å²) in [4.78, 5) is 28.4. The number of piperazine rings is 1. The van der Waals surface area contributed by atoms with Gasteiger partial charge in [-0.3, -0.25) is 4.79 Å². The number of rotatable bonds is 5. The lowest BCUT2D eigenvalue weighted by atomic mass is 10.1. The van der Waals surface area contributed by atoms with Crippen molar-refractivity contribution < 1.29 is 19.1 Å². The summed E-state index contributed by atoms with van der Waals surface area (Å²) in [5.74, 6) is 0.791. The van der Waals surface area contributed by atoms with E-state index in [-0.39, 0.29) is 12.0 Å². The number of halogens is 1. The molecule has 31 heavy (non-hydrogen) atoms.